The van der Waals surface area contributed by atoms with Crippen LogP contribution >= 0.6 is 0 Å². The zero-order chi connectivity index (χ0) is 20.9. The third-order valence-electron chi connectivity index (χ3n) is 4.78. The Labute approximate surface area is 175 Å². The summed E-state index contributed by atoms with van der Waals surface area (Å²) in [5.74, 6) is 0.508. The van der Waals surface area contributed by atoms with Crippen LogP contribution in [0.2, 0.25) is 0 Å². The molecule has 0 fully saturated rings. The summed E-state index contributed by atoms with van der Waals surface area (Å²) in [6.45, 7) is 5.28. The summed E-state index contributed by atoms with van der Waals surface area (Å²) in [6.07, 6.45) is 0.776. The first kappa shape index (κ1) is 19.6. The van der Waals surface area contributed by atoms with Crippen molar-refractivity contribution in [2.75, 3.05) is 6.54 Å². The number of benzene rings is 2. The minimum absolute atomic E-state index is 0.156. The zero-order valence-corrected chi connectivity index (χ0v) is 17.1. The summed E-state index contributed by atoms with van der Waals surface area (Å²) in [6, 6.07) is 21.5. The number of hydrogen-bond acceptors (Lipinski definition) is 4. The highest BCUT2D eigenvalue weighted by Gasteiger charge is 2.18. The summed E-state index contributed by atoms with van der Waals surface area (Å²) in [5, 5.41) is 11.9. The van der Waals surface area contributed by atoms with Gasteiger partial charge < -0.3 is 5.32 Å². The number of rotatable bonds is 7. The fourth-order valence-corrected chi connectivity index (χ4v) is 3.34. The van der Waals surface area contributed by atoms with Crippen molar-refractivity contribution in [1.29, 1.82) is 0 Å². The quantitative estimate of drug-likeness (QED) is 0.481. The summed E-state index contributed by atoms with van der Waals surface area (Å²) in [5.41, 5.74) is 3.88. The number of hydrogen-bond donors (Lipinski definition) is 1. The maximum Gasteiger partial charge on any atom is 0.290 e. The van der Waals surface area contributed by atoms with E-state index in [0.29, 0.717) is 12.4 Å². The first-order valence-corrected chi connectivity index (χ1v) is 9.99. The topological polar surface area (TPSA) is 77.6 Å². The van der Waals surface area contributed by atoms with E-state index in [1.165, 1.54) is 0 Å². The van der Waals surface area contributed by atoms with Crippen LogP contribution in [0.4, 0.5) is 0 Å². The molecule has 1 amide bonds. The molecule has 2 aromatic heterocycles. The van der Waals surface area contributed by atoms with Crippen LogP contribution in [0.25, 0.3) is 17.1 Å². The van der Waals surface area contributed by atoms with Gasteiger partial charge in [-0.25, -0.2) is 9.67 Å². The van der Waals surface area contributed by atoms with Gasteiger partial charge in [-0.1, -0.05) is 48.5 Å². The van der Waals surface area contributed by atoms with E-state index in [1.807, 2.05) is 85.3 Å². The molecule has 0 saturated heterocycles. The molecule has 7 nitrogen and oxygen atoms in total. The van der Waals surface area contributed by atoms with Crippen LogP contribution in [0.5, 0.6) is 0 Å². The number of aromatic nitrogens is 5. The van der Waals surface area contributed by atoms with Crippen LogP contribution in [0.1, 0.15) is 28.4 Å². The Kier molecular flexibility index (Phi) is 5.70. The van der Waals surface area contributed by atoms with E-state index in [4.69, 9.17) is 0 Å². The Morgan fingerprint density at radius 1 is 0.967 bits per heavy atom. The number of nitrogens with one attached hydrogen (secondary N) is 1. The molecule has 0 spiro atoms. The lowest BCUT2D eigenvalue weighted by atomic mass is 10.2. The molecular formula is C23H24N6O. The summed E-state index contributed by atoms with van der Waals surface area (Å²) >= 11 is 0. The van der Waals surface area contributed by atoms with E-state index in [-0.39, 0.29) is 11.7 Å². The molecule has 0 bridgehead atoms. The second-order valence-electron chi connectivity index (χ2n) is 7.13. The number of carbonyl (C=O) groups excluding carboxylic acids is 1. The average Bonchev–Trinajstić information content (AvgIpc) is 3.35. The Morgan fingerprint density at radius 3 is 2.33 bits per heavy atom. The molecule has 0 radical (unpaired) electrons. The van der Waals surface area contributed by atoms with Crippen LogP contribution < -0.4 is 5.32 Å². The Balaban J connectivity index is 1.49. The van der Waals surface area contributed by atoms with Crippen LogP contribution in [0.3, 0.4) is 0 Å². The molecule has 1 N–H and O–H groups in total. The Bertz CT molecular complexity index is 1070. The monoisotopic (exact) mass is 400 g/mol. The van der Waals surface area contributed by atoms with Crippen LogP contribution in [-0.2, 0) is 6.54 Å². The number of carbonyl (C=O) groups is 1. The van der Waals surface area contributed by atoms with E-state index in [0.717, 1.165) is 35.6 Å². The van der Waals surface area contributed by atoms with Crippen molar-refractivity contribution in [3.05, 3.63) is 83.9 Å². The number of aryl methyl sites for hydroxylation is 3. The van der Waals surface area contributed by atoms with Gasteiger partial charge in [-0.15, -0.1) is 5.10 Å². The van der Waals surface area contributed by atoms with E-state index in [9.17, 15) is 4.79 Å². The van der Waals surface area contributed by atoms with Gasteiger partial charge in [0.15, 0.2) is 5.82 Å². The van der Waals surface area contributed by atoms with Crippen molar-refractivity contribution in [2.24, 2.45) is 0 Å². The smallest absolute Gasteiger partial charge is 0.290 e. The van der Waals surface area contributed by atoms with Crippen LogP contribution in [0.15, 0.2) is 66.7 Å². The van der Waals surface area contributed by atoms with Crippen molar-refractivity contribution in [3.63, 3.8) is 0 Å². The highest BCUT2D eigenvalue weighted by atomic mass is 16.2. The Hall–Kier alpha value is -3.74. The number of amides is 1. The van der Waals surface area contributed by atoms with Gasteiger partial charge in [-0.3, -0.25) is 9.48 Å². The van der Waals surface area contributed by atoms with Gasteiger partial charge in [0, 0.05) is 24.3 Å². The fourth-order valence-electron chi connectivity index (χ4n) is 3.34. The predicted molar refractivity (Wildman–Crippen MR) is 115 cm³/mol. The third kappa shape index (κ3) is 4.30. The lowest BCUT2D eigenvalue weighted by Gasteiger charge is -2.05. The fraction of sp³-hybridized carbons (Fsp3) is 0.217. The van der Waals surface area contributed by atoms with Gasteiger partial charge in [0.2, 0.25) is 5.82 Å². The Morgan fingerprint density at radius 2 is 1.67 bits per heavy atom. The van der Waals surface area contributed by atoms with Gasteiger partial charge in [-0.05, 0) is 38.5 Å². The van der Waals surface area contributed by atoms with Gasteiger partial charge >= 0.3 is 0 Å². The van der Waals surface area contributed by atoms with Gasteiger partial charge in [0.25, 0.3) is 5.91 Å². The van der Waals surface area contributed by atoms with Crippen molar-refractivity contribution in [1.82, 2.24) is 29.9 Å². The molecule has 152 valence electrons. The molecule has 0 aliphatic heterocycles. The molecule has 4 rings (SSSR count). The van der Waals surface area contributed by atoms with E-state index < -0.39 is 0 Å². The number of nitrogens with zero attached hydrogens (tertiary/aromatic N) is 5. The third-order valence-corrected chi connectivity index (χ3v) is 4.78. The standard InChI is InChI=1S/C23H24N6O/c1-17-16-18(2)28(26-17)15-9-14-24-23(30)21-25-22(19-10-5-3-6-11-19)29(27-21)20-12-7-4-8-13-20/h3-8,10-13,16H,9,14-15H2,1-2H3,(H,24,30). The van der Waals surface area contributed by atoms with Crippen molar-refractivity contribution < 1.29 is 4.79 Å². The van der Waals surface area contributed by atoms with E-state index in [1.54, 1.807) is 4.68 Å². The second kappa shape index (κ2) is 8.73. The first-order chi connectivity index (χ1) is 14.6. The molecule has 0 aliphatic carbocycles. The molecule has 0 aliphatic rings. The molecule has 0 saturated carbocycles. The van der Waals surface area contributed by atoms with E-state index >= 15 is 0 Å². The molecule has 0 atom stereocenters. The summed E-state index contributed by atoms with van der Waals surface area (Å²) < 4.78 is 3.66. The molecular weight excluding hydrogens is 376 g/mol. The average molecular weight is 400 g/mol. The SMILES string of the molecule is Cc1cc(C)n(CCCNC(=O)c2nc(-c3ccccc3)n(-c3ccccc3)n2)n1. The second-order valence-corrected chi connectivity index (χ2v) is 7.13. The molecule has 7 heteroatoms. The zero-order valence-electron chi connectivity index (χ0n) is 17.1. The van der Waals surface area contributed by atoms with Crippen LogP contribution in [0, 0.1) is 13.8 Å². The first-order valence-electron chi connectivity index (χ1n) is 9.99. The van der Waals surface area contributed by atoms with Gasteiger partial charge in [-0.2, -0.15) is 5.10 Å². The van der Waals surface area contributed by atoms with E-state index in [2.05, 4.69) is 20.5 Å². The maximum absolute atomic E-state index is 12.7. The molecule has 0 unspecified atom stereocenters. The summed E-state index contributed by atoms with van der Waals surface area (Å²) in [7, 11) is 0. The minimum Gasteiger partial charge on any atom is -0.349 e. The number of para-hydroxylation sites is 1. The lowest BCUT2D eigenvalue weighted by molar-refractivity contribution is 0.0942. The molecule has 4 aromatic rings. The van der Waals surface area contributed by atoms with Crippen molar-refractivity contribution in [2.45, 2.75) is 26.8 Å². The highest BCUT2D eigenvalue weighted by Crippen LogP contribution is 2.20. The lowest BCUT2D eigenvalue weighted by Crippen LogP contribution is -2.26. The summed E-state index contributed by atoms with van der Waals surface area (Å²) in [4.78, 5) is 17.2. The molecule has 2 aromatic carbocycles. The van der Waals surface area contributed by atoms with Crippen molar-refractivity contribution >= 4 is 5.91 Å². The normalized spacial score (nSPS) is 10.9. The van der Waals surface area contributed by atoms with Gasteiger partial charge in [0.05, 0.1) is 11.4 Å². The van der Waals surface area contributed by atoms with Crippen molar-refractivity contribution in [3.8, 4) is 17.1 Å². The molecule has 2 heterocycles. The largest absolute Gasteiger partial charge is 0.349 e. The van der Waals surface area contributed by atoms with Crippen LogP contribution in [-0.4, -0.2) is 37.0 Å². The van der Waals surface area contributed by atoms with Gasteiger partial charge in [0.1, 0.15) is 0 Å². The highest BCUT2D eigenvalue weighted by molar-refractivity contribution is 5.91. The predicted octanol–water partition coefficient (Wildman–Crippen LogP) is 3.57. The maximum atomic E-state index is 12.7. The molecule has 30 heavy (non-hydrogen) atoms. The minimum atomic E-state index is -0.282.